The van der Waals surface area contributed by atoms with E-state index >= 15 is 0 Å². The van der Waals surface area contributed by atoms with E-state index in [1.165, 1.54) is 4.90 Å². The van der Waals surface area contributed by atoms with Gasteiger partial charge >= 0.3 is 0 Å². The molecule has 4 rings (SSSR count). The number of hydrogen-bond donors (Lipinski definition) is 1. The minimum Gasteiger partial charge on any atom is -0.350 e. The molecule has 3 aromatic rings. The predicted octanol–water partition coefficient (Wildman–Crippen LogP) is 4.39. The number of carbonyl (C=O) groups excluding carboxylic acids is 2. The molecule has 132 valence electrons. The Hall–Kier alpha value is -3.66. The fraction of sp³-hybridized carbons (Fsp3) is 0.0435. The van der Waals surface area contributed by atoms with E-state index in [1.54, 1.807) is 12.1 Å². The zero-order valence-electron chi connectivity index (χ0n) is 14.8. The molecule has 1 aliphatic rings. The smallest absolute Gasteiger partial charge is 0.282 e. The summed E-state index contributed by atoms with van der Waals surface area (Å²) >= 11 is 0. The average Bonchev–Trinajstić information content (AvgIpc) is 2.95. The largest absolute Gasteiger partial charge is 0.350 e. The third-order valence-corrected chi connectivity index (χ3v) is 4.57. The number of aryl methyl sites for hydroxylation is 1. The van der Waals surface area contributed by atoms with Crippen molar-refractivity contribution in [2.24, 2.45) is 0 Å². The molecule has 0 unspecified atom stereocenters. The Labute approximate surface area is 157 Å². The van der Waals surface area contributed by atoms with Crippen LogP contribution in [0.2, 0.25) is 0 Å². The van der Waals surface area contributed by atoms with Gasteiger partial charge in [-0.3, -0.25) is 9.59 Å². The molecule has 0 spiro atoms. The van der Waals surface area contributed by atoms with Crippen molar-refractivity contribution in [3.63, 3.8) is 0 Å². The summed E-state index contributed by atoms with van der Waals surface area (Å²) < 4.78 is 0. The second kappa shape index (κ2) is 6.92. The van der Waals surface area contributed by atoms with Crippen LogP contribution < -0.4 is 10.2 Å². The minimum atomic E-state index is -0.353. The van der Waals surface area contributed by atoms with E-state index in [1.807, 2.05) is 79.7 Å². The van der Waals surface area contributed by atoms with Gasteiger partial charge in [-0.2, -0.15) is 0 Å². The second-order valence-electron chi connectivity index (χ2n) is 6.34. The second-order valence-corrected chi connectivity index (χ2v) is 6.34. The summed E-state index contributed by atoms with van der Waals surface area (Å²) in [6.07, 6.45) is 0. The average molecular weight is 354 g/mol. The van der Waals surface area contributed by atoms with Crippen LogP contribution in [-0.2, 0) is 9.59 Å². The fourth-order valence-corrected chi connectivity index (χ4v) is 3.18. The molecule has 4 heteroatoms. The van der Waals surface area contributed by atoms with Crippen molar-refractivity contribution in [3.8, 4) is 0 Å². The zero-order valence-corrected chi connectivity index (χ0v) is 14.8. The minimum absolute atomic E-state index is 0.296. The third-order valence-electron chi connectivity index (χ3n) is 4.57. The van der Waals surface area contributed by atoms with E-state index < -0.39 is 0 Å². The summed E-state index contributed by atoms with van der Waals surface area (Å²) in [6.45, 7) is 1.96. The van der Waals surface area contributed by atoms with Crippen LogP contribution in [0.4, 0.5) is 11.4 Å². The number of anilines is 2. The lowest BCUT2D eigenvalue weighted by atomic mass is 10.0. The van der Waals surface area contributed by atoms with Crippen molar-refractivity contribution >= 4 is 28.8 Å². The van der Waals surface area contributed by atoms with Gasteiger partial charge in [-0.25, -0.2) is 4.90 Å². The summed E-state index contributed by atoms with van der Waals surface area (Å²) in [4.78, 5) is 27.6. The van der Waals surface area contributed by atoms with Gasteiger partial charge in [0.15, 0.2) is 0 Å². The normalized spacial score (nSPS) is 14.0. The molecule has 0 saturated heterocycles. The molecule has 3 aromatic carbocycles. The van der Waals surface area contributed by atoms with Crippen molar-refractivity contribution < 1.29 is 9.59 Å². The van der Waals surface area contributed by atoms with E-state index in [0.29, 0.717) is 22.5 Å². The molecule has 0 atom stereocenters. The molecule has 1 N–H and O–H groups in total. The van der Waals surface area contributed by atoms with E-state index in [0.717, 1.165) is 11.3 Å². The van der Waals surface area contributed by atoms with E-state index in [4.69, 9.17) is 0 Å². The van der Waals surface area contributed by atoms with Crippen molar-refractivity contribution in [3.05, 3.63) is 102 Å². The summed E-state index contributed by atoms with van der Waals surface area (Å²) in [5.74, 6) is -0.679. The summed E-state index contributed by atoms with van der Waals surface area (Å²) in [5.41, 5.74) is 3.75. The van der Waals surface area contributed by atoms with Crippen molar-refractivity contribution in [1.82, 2.24) is 0 Å². The van der Waals surface area contributed by atoms with Gasteiger partial charge in [-0.05, 0) is 36.2 Å². The molecule has 27 heavy (non-hydrogen) atoms. The van der Waals surface area contributed by atoms with Gasteiger partial charge in [0.1, 0.15) is 5.70 Å². The molecule has 0 aliphatic carbocycles. The topological polar surface area (TPSA) is 49.4 Å². The van der Waals surface area contributed by atoms with Crippen LogP contribution in [0.25, 0.3) is 5.57 Å². The molecule has 1 aliphatic heterocycles. The third kappa shape index (κ3) is 3.02. The lowest BCUT2D eigenvalue weighted by Crippen LogP contribution is -2.32. The van der Waals surface area contributed by atoms with Crippen LogP contribution in [0, 0.1) is 6.92 Å². The molecule has 0 aromatic heterocycles. The highest BCUT2D eigenvalue weighted by atomic mass is 16.2. The fourth-order valence-electron chi connectivity index (χ4n) is 3.18. The Bertz CT molecular complexity index is 1040. The number of benzene rings is 3. The number of para-hydroxylation sites is 2. The van der Waals surface area contributed by atoms with Gasteiger partial charge in [-0.1, -0.05) is 66.7 Å². The molecular weight excluding hydrogens is 336 g/mol. The maximum absolute atomic E-state index is 13.2. The van der Waals surface area contributed by atoms with Crippen LogP contribution in [-0.4, -0.2) is 11.8 Å². The highest BCUT2D eigenvalue weighted by Gasteiger charge is 2.40. The Morgan fingerprint density at radius 1 is 0.704 bits per heavy atom. The summed E-state index contributed by atoms with van der Waals surface area (Å²) in [7, 11) is 0. The standard InChI is InChI=1S/C23H18N2O2/c1-16-10-8-9-15-19(16)24-21-20(17-11-4-2-5-12-17)22(26)25(23(21)27)18-13-6-3-7-14-18/h2-15,24H,1H3. The van der Waals surface area contributed by atoms with Crippen LogP contribution in [0.5, 0.6) is 0 Å². The monoisotopic (exact) mass is 354 g/mol. The van der Waals surface area contributed by atoms with Crippen LogP contribution in [0.1, 0.15) is 11.1 Å². The molecule has 0 bridgehead atoms. The first-order valence-corrected chi connectivity index (χ1v) is 8.73. The Morgan fingerprint density at radius 2 is 1.30 bits per heavy atom. The molecule has 4 nitrogen and oxygen atoms in total. The highest BCUT2D eigenvalue weighted by Crippen LogP contribution is 2.33. The van der Waals surface area contributed by atoms with Crippen molar-refractivity contribution in [1.29, 1.82) is 0 Å². The number of amides is 2. The Balaban J connectivity index is 1.84. The number of nitrogens with zero attached hydrogens (tertiary/aromatic N) is 1. The van der Waals surface area contributed by atoms with Crippen LogP contribution in [0.15, 0.2) is 90.6 Å². The van der Waals surface area contributed by atoms with Crippen LogP contribution in [0.3, 0.4) is 0 Å². The predicted molar refractivity (Wildman–Crippen MR) is 107 cm³/mol. The number of nitrogens with one attached hydrogen (secondary N) is 1. The van der Waals surface area contributed by atoms with E-state index in [2.05, 4.69) is 5.32 Å². The first kappa shape index (κ1) is 16.8. The SMILES string of the molecule is Cc1ccccc1NC1=C(c2ccccc2)C(=O)N(c2ccccc2)C1=O. The molecule has 0 saturated carbocycles. The lowest BCUT2D eigenvalue weighted by Gasteiger charge is -2.15. The zero-order chi connectivity index (χ0) is 18.8. The lowest BCUT2D eigenvalue weighted by molar-refractivity contribution is -0.120. The number of imide groups is 1. The first-order chi connectivity index (χ1) is 13.2. The molecule has 0 fully saturated rings. The Morgan fingerprint density at radius 3 is 1.96 bits per heavy atom. The van der Waals surface area contributed by atoms with Gasteiger partial charge in [0, 0.05) is 5.69 Å². The quantitative estimate of drug-likeness (QED) is 0.707. The summed E-state index contributed by atoms with van der Waals surface area (Å²) in [6, 6.07) is 26.0. The van der Waals surface area contributed by atoms with Crippen LogP contribution >= 0.6 is 0 Å². The van der Waals surface area contributed by atoms with Gasteiger partial charge in [0.05, 0.1) is 11.3 Å². The van der Waals surface area contributed by atoms with Gasteiger partial charge in [0.25, 0.3) is 11.8 Å². The van der Waals surface area contributed by atoms with Gasteiger partial charge in [0.2, 0.25) is 0 Å². The van der Waals surface area contributed by atoms with E-state index in [9.17, 15) is 9.59 Å². The Kier molecular flexibility index (Phi) is 4.30. The molecular formula is C23H18N2O2. The van der Waals surface area contributed by atoms with Gasteiger partial charge < -0.3 is 5.32 Å². The van der Waals surface area contributed by atoms with Crippen molar-refractivity contribution in [2.75, 3.05) is 10.2 Å². The maximum Gasteiger partial charge on any atom is 0.282 e. The number of carbonyl (C=O) groups is 2. The number of hydrogen-bond acceptors (Lipinski definition) is 3. The first-order valence-electron chi connectivity index (χ1n) is 8.73. The maximum atomic E-state index is 13.2. The molecule has 0 radical (unpaired) electrons. The van der Waals surface area contributed by atoms with Crippen molar-refractivity contribution in [2.45, 2.75) is 6.92 Å². The number of rotatable bonds is 4. The summed E-state index contributed by atoms with van der Waals surface area (Å²) in [5, 5.41) is 3.21. The molecule has 2 amide bonds. The van der Waals surface area contributed by atoms with Gasteiger partial charge in [-0.15, -0.1) is 0 Å². The highest BCUT2D eigenvalue weighted by molar-refractivity contribution is 6.46. The van der Waals surface area contributed by atoms with E-state index in [-0.39, 0.29) is 11.8 Å². The molecule has 1 heterocycles.